The third-order valence-electron chi connectivity index (χ3n) is 1.80. The van der Waals surface area contributed by atoms with E-state index in [1.165, 1.54) is 12.1 Å². The summed E-state index contributed by atoms with van der Waals surface area (Å²) in [6.07, 6.45) is 0.975. The highest BCUT2D eigenvalue weighted by Gasteiger charge is 2.01. The Balaban J connectivity index is 2.28. The molecule has 0 heterocycles. The van der Waals surface area contributed by atoms with E-state index in [2.05, 4.69) is 6.92 Å². The van der Waals surface area contributed by atoms with Crippen molar-refractivity contribution < 1.29 is 9.13 Å². The molecule has 0 radical (unpaired) electrons. The lowest BCUT2D eigenvalue weighted by Gasteiger charge is -2.06. The van der Waals surface area contributed by atoms with Crippen molar-refractivity contribution in [2.24, 2.45) is 0 Å². The zero-order valence-electron chi connectivity index (χ0n) is 8.63. The van der Waals surface area contributed by atoms with Crippen LogP contribution in [0.1, 0.15) is 13.3 Å². The van der Waals surface area contributed by atoms with E-state index < -0.39 is 5.82 Å². The molecule has 4 heteroatoms. The van der Waals surface area contributed by atoms with Crippen molar-refractivity contribution >= 4 is 23.4 Å². The first kappa shape index (κ1) is 12.7. The Morgan fingerprint density at radius 1 is 1.47 bits per heavy atom. The van der Waals surface area contributed by atoms with E-state index in [1.54, 1.807) is 6.07 Å². The Hall–Kier alpha value is -0.410. The number of rotatable bonds is 6. The lowest BCUT2D eigenvalue weighted by Crippen LogP contribution is -1.99. The van der Waals surface area contributed by atoms with Gasteiger partial charge in [0.2, 0.25) is 0 Å². The van der Waals surface area contributed by atoms with E-state index in [1.807, 2.05) is 11.8 Å². The Morgan fingerprint density at radius 2 is 2.27 bits per heavy atom. The second-order valence-electron chi connectivity index (χ2n) is 2.97. The summed E-state index contributed by atoms with van der Waals surface area (Å²) in [5.74, 6) is 2.30. The maximum absolute atomic E-state index is 13.0. The summed E-state index contributed by atoms with van der Waals surface area (Å²) in [6, 6.07) is 4.50. The normalized spacial score (nSPS) is 10.3. The average Bonchev–Trinajstić information content (AvgIpc) is 2.23. The zero-order chi connectivity index (χ0) is 11.1. The van der Waals surface area contributed by atoms with Crippen molar-refractivity contribution in [3.05, 3.63) is 29.0 Å². The predicted octanol–water partition coefficient (Wildman–Crippen LogP) is 4.00. The van der Waals surface area contributed by atoms with Crippen LogP contribution >= 0.6 is 23.4 Å². The highest BCUT2D eigenvalue weighted by atomic mass is 35.5. The van der Waals surface area contributed by atoms with Crippen LogP contribution in [0.3, 0.4) is 0 Å². The van der Waals surface area contributed by atoms with Gasteiger partial charge >= 0.3 is 0 Å². The minimum Gasteiger partial charge on any atom is -0.493 e. The van der Waals surface area contributed by atoms with Gasteiger partial charge in [0.05, 0.1) is 11.6 Å². The molecule has 0 atom stereocenters. The highest BCUT2D eigenvalue weighted by Crippen LogP contribution is 2.20. The monoisotopic (exact) mass is 248 g/mol. The van der Waals surface area contributed by atoms with Crippen LogP contribution in [0, 0.1) is 5.82 Å². The summed E-state index contributed by atoms with van der Waals surface area (Å²) in [7, 11) is 0. The molecular formula is C11H14ClFOS. The van der Waals surface area contributed by atoms with Crippen molar-refractivity contribution in [1.29, 1.82) is 0 Å². The van der Waals surface area contributed by atoms with Crippen molar-refractivity contribution in [2.75, 3.05) is 18.1 Å². The molecule has 1 aromatic carbocycles. The molecule has 0 fully saturated rings. The van der Waals surface area contributed by atoms with Gasteiger partial charge in [-0.1, -0.05) is 18.5 Å². The van der Waals surface area contributed by atoms with Gasteiger partial charge in [0.15, 0.2) is 0 Å². The van der Waals surface area contributed by atoms with Crippen LogP contribution in [0.5, 0.6) is 5.75 Å². The largest absolute Gasteiger partial charge is 0.493 e. The maximum Gasteiger partial charge on any atom is 0.145 e. The van der Waals surface area contributed by atoms with Gasteiger partial charge in [-0.3, -0.25) is 0 Å². The van der Waals surface area contributed by atoms with Gasteiger partial charge in [-0.05, 0) is 30.1 Å². The number of hydrogen-bond acceptors (Lipinski definition) is 2. The molecule has 0 aliphatic rings. The second-order valence-corrected chi connectivity index (χ2v) is 4.78. The highest BCUT2D eigenvalue weighted by molar-refractivity contribution is 7.99. The number of benzene rings is 1. The van der Waals surface area contributed by atoms with Gasteiger partial charge in [0, 0.05) is 6.07 Å². The van der Waals surface area contributed by atoms with E-state index in [0.717, 1.165) is 17.9 Å². The summed E-state index contributed by atoms with van der Waals surface area (Å²) in [6.45, 7) is 2.74. The smallest absolute Gasteiger partial charge is 0.145 e. The third-order valence-corrected chi connectivity index (χ3v) is 3.09. The van der Waals surface area contributed by atoms with Gasteiger partial charge in [0.1, 0.15) is 11.6 Å². The Morgan fingerprint density at radius 3 is 2.93 bits per heavy atom. The lowest BCUT2D eigenvalue weighted by atomic mass is 10.3. The molecule has 84 valence electrons. The van der Waals surface area contributed by atoms with Gasteiger partial charge in [-0.25, -0.2) is 4.39 Å². The molecule has 0 aliphatic carbocycles. The van der Waals surface area contributed by atoms with Crippen molar-refractivity contribution in [2.45, 2.75) is 13.3 Å². The zero-order valence-corrected chi connectivity index (χ0v) is 10.2. The molecule has 0 saturated carbocycles. The summed E-state index contributed by atoms with van der Waals surface area (Å²) in [5.41, 5.74) is 0. The molecule has 0 N–H and O–H groups in total. The molecule has 1 rings (SSSR count). The molecule has 0 unspecified atom stereocenters. The van der Waals surface area contributed by atoms with Gasteiger partial charge in [-0.15, -0.1) is 0 Å². The fraction of sp³-hybridized carbons (Fsp3) is 0.455. The lowest BCUT2D eigenvalue weighted by molar-refractivity contribution is 0.317. The van der Waals surface area contributed by atoms with Crippen LogP contribution in [-0.2, 0) is 0 Å². The van der Waals surface area contributed by atoms with Crippen LogP contribution in [0.4, 0.5) is 4.39 Å². The maximum atomic E-state index is 13.0. The molecule has 1 aromatic rings. The van der Waals surface area contributed by atoms with E-state index in [0.29, 0.717) is 12.4 Å². The van der Waals surface area contributed by atoms with Crippen molar-refractivity contribution in [1.82, 2.24) is 0 Å². The summed E-state index contributed by atoms with van der Waals surface area (Å²) in [4.78, 5) is 0. The molecule has 0 amide bonds. The fourth-order valence-electron chi connectivity index (χ4n) is 1.06. The van der Waals surface area contributed by atoms with Gasteiger partial charge in [0.25, 0.3) is 0 Å². The molecule has 0 bridgehead atoms. The fourth-order valence-corrected chi connectivity index (χ4v) is 1.79. The van der Waals surface area contributed by atoms with Gasteiger partial charge in [-0.2, -0.15) is 11.8 Å². The van der Waals surface area contributed by atoms with Crippen LogP contribution < -0.4 is 4.74 Å². The molecule has 0 aliphatic heterocycles. The van der Waals surface area contributed by atoms with Gasteiger partial charge < -0.3 is 4.74 Å². The Labute approximate surface area is 99.0 Å². The average molecular weight is 249 g/mol. The number of thioether (sulfide) groups is 1. The number of halogens is 2. The van der Waals surface area contributed by atoms with Crippen molar-refractivity contribution in [3.8, 4) is 5.75 Å². The topological polar surface area (TPSA) is 9.23 Å². The van der Waals surface area contributed by atoms with Crippen LogP contribution in [0.15, 0.2) is 18.2 Å². The molecule has 0 spiro atoms. The predicted molar refractivity (Wildman–Crippen MR) is 64.5 cm³/mol. The van der Waals surface area contributed by atoms with E-state index >= 15 is 0 Å². The molecule has 0 aromatic heterocycles. The SMILES string of the molecule is CCSCCCOc1ccc(Cl)c(F)c1. The second kappa shape index (κ2) is 6.96. The molecule has 1 nitrogen and oxygen atoms in total. The standard InChI is InChI=1S/C11H14ClFOS/c1-2-15-7-3-6-14-9-4-5-10(12)11(13)8-9/h4-5,8H,2-3,6-7H2,1H3. The number of ether oxygens (including phenoxy) is 1. The molecule has 15 heavy (non-hydrogen) atoms. The van der Waals surface area contributed by atoms with E-state index in [4.69, 9.17) is 16.3 Å². The van der Waals surface area contributed by atoms with Crippen molar-refractivity contribution in [3.63, 3.8) is 0 Å². The first-order chi connectivity index (χ1) is 7.24. The Kier molecular flexibility index (Phi) is 5.88. The number of hydrogen-bond donors (Lipinski definition) is 0. The van der Waals surface area contributed by atoms with Crippen LogP contribution in [0.25, 0.3) is 0 Å². The minimum atomic E-state index is -0.433. The molecule has 0 saturated heterocycles. The van der Waals surface area contributed by atoms with E-state index in [-0.39, 0.29) is 5.02 Å². The quantitative estimate of drug-likeness (QED) is 0.704. The van der Waals surface area contributed by atoms with Crippen LogP contribution in [0.2, 0.25) is 5.02 Å². The van der Waals surface area contributed by atoms with E-state index in [9.17, 15) is 4.39 Å². The summed E-state index contributed by atoms with van der Waals surface area (Å²) < 4.78 is 18.4. The Bertz CT molecular complexity index is 307. The first-order valence-electron chi connectivity index (χ1n) is 4.89. The minimum absolute atomic E-state index is 0.129. The first-order valence-corrected chi connectivity index (χ1v) is 6.43. The molecular weight excluding hydrogens is 235 g/mol. The third kappa shape index (κ3) is 4.76. The van der Waals surface area contributed by atoms with Crippen LogP contribution in [-0.4, -0.2) is 18.1 Å². The summed E-state index contributed by atoms with van der Waals surface area (Å²) >= 11 is 7.42. The summed E-state index contributed by atoms with van der Waals surface area (Å²) in [5, 5.41) is 0.129.